The van der Waals surface area contributed by atoms with Crippen molar-refractivity contribution < 1.29 is 14.2 Å². The summed E-state index contributed by atoms with van der Waals surface area (Å²) in [5.74, 6) is 0.503. The molecule has 0 N–H and O–H groups in total. The maximum Gasteiger partial charge on any atom is 0.178 e. The Bertz CT molecular complexity index is 191. The van der Waals surface area contributed by atoms with Crippen molar-refractivity contribution >= 4 is 0 Å². The summed E-state index contributed by atoms with van der Waals surface area (Å²) in [6, 6.07) is 0. The first kappa shape index (κ1) is 12.9. The first-order valence-electron chi connectivity index (χ1n) is 5.83. The third-order valence-corrected chi connectivity index (χ3v) is 2.97. The summed E-state index contributed by atoms with van der Waals surface area (Å²) in [7, 11) is 0. The van der Waals surface area contributed by atoms with Crippen LogP contribution in [-0.2, 0) is 14.2 Å². The maximum absolute atomic E-state index is 6.01. The molecule has 3 heteroatoms. The van der Waals surface area contributed by atoms with Crippen LogP contribution in [0.1, 0.15) is 41.5 Å². The van der Waals surface area contributed by atoms with E-state index in [4.69, 9.17) is 14.2 Å². The fourth-order valence-electron chi connectivity index (χ4n) is 2.04. The molecule has 1 saturated heterocycles. The molecular weight excluding hydrogens is 192 g/mol. The van der Waals surface area contributed by atoms with Gasteiger partial charge in [-0.15, -0.1) is 0 Å². The van der Waals surface area contributed by atoms with E-state index in [1.165, 1.54) is 0 Å². The van der Waals surface area contributed by atoms with Crippen LogP contribution in [0, 0.1) is 17.8 Å². The van der Waals surface area contributed by atoms with Crippen LogP contribution in [0.5, 0.6) is 0 Å². The second kappa shape index (κ2) is 4.81. The van der Waals surface area contributed by atoms with Crippen LogP contribution < -0.4 is 0 Å². The van der Waals surface area contributed by atoms with Gasteiger partial charge in [-0.05, 0) is 0 Å². The summed E-state index contributed by atoms with van der Waals surface area (Å²) in [5.41, 5.74) is 0. The molecule has 0 aromatic carbocycles. The zero-order valence-electron chi connectivity index (χ0n) is 10.7. The van der Waals surface area contributed by atoms with Crippen LogP contribution in [0.15, 0.2) is 0 Å². The Morgan fingerprint density at radius 3 is 1.93 bits per heavy atom. The minimum Gasteiger partial charge on any atom is -0.326 e. The van der Waals surface area contributed by atoms with Gasteiger partial charge in [0.1, 0.15) is 0 Å². The third kappa shape index (κ3) is 2.52. The quantitative estimate of drug-likeness (QED) is 0.726. The molecule has 0 aromatic heterocycles. The van der Waals surface area contributed by atoms with Gasteiger partial charge in [0.25, 0.3) is 0 Å². The van der Waals surface area contributed by atoms with Crippen molar-refractivity contribution in [2.45, 2.75) is 53.6 Å². The van der Waals surface area contributed by atoms with Crippen molar-refractivity contribution in [3.63, 3.8) is 0 Å². The average molecular weight is 216 g/mol. The average Bonchev–Trinajstić information content (AvgIpc) is 2.17. The lowest BCUT2D eigenvalue weighted by Crippen LogP contribution is -2.54. The molecule has 15 heavy (non-hydrogen) atoms. The van der Waals surface area contributed by atoms with E-state index in [0.29, 0.717) is 24.5 Å². The van der Waals surface area contributed by atoms with Crippen molar-refractivity contribution in [2.75, 3.05) is 6.79 Å². The van der Waals surface area contributed by atoms with Gasteiger partial charge in [-0.2, -0.15) is 0 Å². The van der Waals surface area contributed by atoms with Crippen LogP contribution in [0.4, 0.5) is 0 Å². The molecule has 1 aliphatic heterocycles. The minimum atomic E-state index is -0.493. The summed E-state index contributed by atoms with van der Waals surface area (Å²) in [5, 5.41) is 0. The Hall–Kier alpha value is -0.120. The lowest BCUT2D eigenvalue weighted by atomic mass is 9.91. The second-order valence-electron chi connectivity index (χ2n) is 5.19. The molecule has 0 saturated carbocycles. The van der Waals surface area contributed by atoms with Crippen molar-refractivity contribution in [3.8, 4) is 0 Å². The number of ether oxygens (including phenoxy) is 3. The minimum absolute atomic E-state index is 0.149. The van der Waals surface area contributed by atoms with Crippen LogP contribution in [0.2, 0.25) is 0 Å². The fraction of sp³-hybridized carbons (Fsp3) is 1.00. The van der Waals surface area contributed by atoms with Gasteiger partial charge in [-0.1, -0.05) is 41.5 Å². The molecule has 0 amide bonds. The normalized spacial score (nSPS) is 26.6. The van der Waals surface area contributed by atoms with E-state index in [2.05, 4.69) is 41.5 Å². The van der Waals surface area contributed by atoms with Gasteiger partial charge in [0.05, 0.1) is 0 Å². The molecule has 0 spiro atoms. The van der Waals surface area contributed by atoms with Crippen LogP contribution in [0.3, 0.4) is 0 Å². The first-order valence-corrected chi connectivity index (χ1v) is 5.83. The van der Waals surface area contributed by atoms with E-state index in [1.807, 2.05) is 0 Å². The molecule has 1 heterocycles. The maximum atomic E-state index is 6.01. The summed E-state index contributed by atoms with van der Waals surface area (Å²) < 4.78 is 17.2. The zero-order chi connectivity index (χ0) is 11.6. The van der Waals surface area contributed by atoms with Gasteiger partial charge in [-0.25, -0.2) is 0 Å². The van der Waals surface area contributed by atoms with Gasteiger partial charge in [0.15, 0.2) is 18.9 Å². The molecule has 1 unspecified atom stereocenters. The smallest absolute Gasteiger partial charge is 0.178 e. The lowest BCUT2D eigenvalue weighted by molar-refractivity contribution is -0.430. The highest BCUT2D eigenvalue weighted by Gasteiger charge is 2.45. The monoisotopic (exact) mass is 216 g/mol. The highest BCUT2D eigenvalue weighted by atomic mass is 16.9. The van der Waals surface area contributed by atoms with Crippen LogP contribution in [0.25, 0.3) is 0 Å². The third-order valence-electron chi connectivity index (χ3n) is 2.97. The summed E-state index contributed by atoms with van der Waals surface area (Å²) in [6.07, 6.45) is -0.149. The number of hydrogen-bond acceptors (Lipinski definition) is 3. The van der Waals surface area contributed by atoms with Crippen LogP contribution >= 0.6 is 0 Å². The van der Waals surface area contributed by atoms with Gasteiger partial charge in [0, 0.05) is 17.8 Å². The molecule has 0 radical (unpaired) electrons. The first-order chi connectivity index (χ1) is 6.90. The Morgan fingerprint density at radius 2 is 1.53 bits per heavy atom. The van der Waals surface area contributed by atoms with E-state index < -0.39 is 5.79 Å². The summed E-state index contributed by atoms with van der Waals surface area (Å²) >= 11 is 0. The van der Waals surface area contributed by atoms with Crippen LogP contribution in [-0.4, -0.2) is 18.9 Å². The lowest BCUT2D eigenvalue weighted by Gasteiger charge is -2.47. The van der Waals surface area contributed by atoms with E-state index >= 15 is 0 Å². The number of rotatable bonds is 3. The second-order valence-corrected chi connectivity index (χ2v) is 5.19. The molecule has 1 fully saturated rings. The standard InChI is InChI=1S/C12H24O3/c1-8(2)11-13-7-14-12(15-11,9(3)4)10(5)6/h8-11H,7H2,1-6H3. The Labute approximate surface area is 93.1 Å². The fourth-order valence-corrected chi connectivity index (χ4v) is 2.04. The SMILES string of the molecule is CC(C)C1OCOC(C(C)C)(C(C)C)O1. The van der Waals surface area contributed by atoms with Gasteiger partial charge < -0.3 is 14.2 Å². The van der Waals surface area contributed by atoms with E-state index in [1.54, 1.807) is 0 Å². The highest BCUT2D eigenvalue weighted by Crippen LogP contribution is 2.37. The van der Waals surface area contributed by atoms with E-state index in [9.17, 15) is 0 Å². The van der Waals surface area contributed by atoms with Crippen molar-refractivity contribution in [1.29, 1.82) is 0 Å². The molecule has 1 aliphatic rings. The molecule has 90 valence electrons. The predicted molar refractivity (Wildman–Crippen MR) is 59.2 cm³/mol. The zero-order valence-corrected chi connectivity index (χ0v) is 10.7. The van der Waals surface area contributed by atoms with E-state index in [0.717, 1.165) is 0 Å². The summed E-state index contributed by atoms with van der Waals surface area (Å²) in [6.45, 7) is 13.0. The Morgan fingerprint density at radius 1 is 1.00 bits per heavy atom. The van der Waals surface area contributed by atoms with Gasteiger partial charge >= 0.3 is 0 Å². The molecule has 1 rings (SSSR count). The largest absolute Gasteiger partial charge is 0.326 e. The molecule has 1 atom stereocenters. The van der Waals surface area contributed by atoms with E-state index in [-0.39, 0.29) is 6.29 Å². The van der Waals surface area contributed by atoms with Crippen molar-refractivity contribution in [2.24, 2.45) is 17.8 Å². The number of hydrogen-bond donors (Lipinski definition) is 0. The Balaban J connectivity index is 2.80. The van der Waals surface area contributed by atoms with Gasteiger partial charge in [-0.3, -0.25) is 0 Å². The molecule has 0 aromatic rings. The topological polar surface area (TPSA) is 27.7 Å². The summed E-state index contributed by atoms with van der Waals surface area (Å²) in [4.78, 5) is 0. The molecule has 3 nitrogen and oxygen atoms in total. The predicted octanol–water partition coefficient (Wildman–Crippen LogP) is 3.00. The highest BCUT2D eigenvalue weighted by molar-refractivity contribution is 4.80. The van der Waals surface area contributed by atoms with Gasteiger partial charge in [0.2, 0.25) is 0 Å². The Kier molecular flexibility index (Phi) is 4.15. The molecule has 0 bridgehead atoms. The van der Waals surface area contributed by atoms with Crippen molar-refractivity contribution in [1.82, 2.24) is 0 Å². The molecular formula is C12H24O3. The molecule has 0 aliphatic carbocycles. The van der Waals surface area contributed by atoms with Crippen molar-refractivity contribution in [3.05, 3.63) is 0 Å².